The molecule has 2 aromatic carbocycles. The summed E-state index contributed by atoms with van der Waals surface area (Å²) in [6, 6.07) is 16.0. The predicted molar refractivity (Wildman–Crippen MR) is 82.0 cm³/mol. The molecule has 6 heteroatoms. The molecule has 21 heavy (non-hydrogen) atoms. The zero-order valence-corrected chi connectivity index (χ0v) is 12.1. The summed E-state index contributed by atoms with van der Waals surface area (Å²) in [5.41, 5.74) is 2.13. The van der Waals surface area contributed by atoms with Gasteiger partial charge in [0.15, 0.2) is 0 Å². The van der Waals surface area contributed by atoms with Crippen molar-refractivity contribution in [3.05, 3.63) is 65.7 Å². The van der Waals surface area contributed by atoms with Crippen LogP contribution in [0.15, 0.2) is 54.6 Å². The minimum atomic E-state index is -3.54. The summed E-state index contributed by atoms with van der Waals surface area (Å²) in [6.07, 6.45) is 0.291. The average molecular weight is 304 g/mol. The van der Waals surface area contributed by atoms with Crippen molar-refractivity contribution in [1.82, 2.24) is 0 Å². The van der Waals surface area contributed by atoms with Gasteiger partial charge in [-0.1, -0.05) is 42.5 Å². The van der Waals surface area contributed by atoms with Crippen LogP contribution in [-0.2, 0) is 27.0 Å². The van der Waals surface area contributed by atoms with E-state index in [0.29, 0.717) is 17.7 Å². The van der Waals surface area contributed by atoms with Gasteiger partial charge in [-0.05, 0) is 23.3 Å². The molecule has 2 rings (SSSR count). The molecule has 0 aliphatic carbocycles. The summed E-state index contributed by atoms with van der Waals surface area (Å²) >= 11 is 0. The molecule has 0 bridgehead atoms. The third-order valence-corrected chi connectivity index (χ3v) is 3.55. The van der Waals surface area contributed by atoms with Gasteiger partial charge in [0.1, 0.15) is 0 Å². The van der Waals surface area contributed by atoms with E-state index in [9.17, 15) is 13.2 Å². The molecule has 0 radical (unpaired) electrons. The number of rotatable bonds is 5. The largest absolute Gasteiger partial charge is 0.326 e. The SMILES string of the molecule is NS(=O)(=O)Cc1ccc(NC(=O)Cc2ccccc2)cc1. The van der Waals surface area contributed by atoms with Gasteiger partial charge in [0.25, 0.3) is 0 Å². The van der Waals surface area contributed by atoms with Crippen molar-refractivity contribution in [3.8, 4) is 0 Å². The molecule has 0 unspecified atom stereocenters. The summed E-state index contributed by atoms with van der Waals surface area (Å²) in [7, 11) is -3.54. The van der Waals surface area contributed by atoms with Crippen molar-refractivity contribution in [2.75, 3.05) is 5.32 Å². The van der Waals surface area contributed by atoms with Crippen molar-refractivity contribution in [2.24, 2.45) is 5.14 Å². The maximum absolute atomic E-state index is 11.9. The molecule has 0 heterocycles. The van der Waals surface area contributed by atoms with Gasteiger partial charge < -0.3 is 5.32 Å². The Labute approximate surface area is 123 Å². The number of primary sulfonamides is 1. The molecule has 0 aliphatic heterocycles. The van der Waals surface area contributed by atoms with Crippen molar-refractivity contribution >= 4 is 21.6 Å². The van der Waals surface area contributed by atoms with Crippen LogP contribution in [0.25, 0.3) is 0 Å². The number of sulfonamides is 1. The van der Waals surface area contributed by atoms with Crippen LogP contribution in [0.4, 0.5) is 5.69 Å². The van der Waals surface area contributed by atoms with E-state index < -0.39 is 10.0 Å². The Morgan fingerprint density at radius 2 is 1.57 bits per heavy atom. The number of amides is 1. The zero-order chi connectivity index (χ0) is 15.3. The van der Waals surface area contributed by atoms with E-state index in [4.69, 9.17) is 5.14 Å². The molecule has 0 aromatic heterocycles. The highest BCUT2D eigenvalue weighted by Gasteiger charge is 2.06. The second-order valence-electron chi connectivity index (χ2n) is 4.71. The molecule has 0 aliphatic rings. The van der Waals surface area contributed by atoms with Gasteiger partial charge in [0.2, 0.25) is 15.9 Å². The van der Waals surface area contributed by atoms with Gasteiger partial charge in [-0.2, -0.15) is 0 Å². The second-order valence-corrected chi connectivity index (χ2v) is 6.33. The lowest BCUT2D eigenvalue weighted by Gasteiger charge is -2.06. The Morgan fingerprint density at radius 1 is 0.952 bits per heavy atom. The molecule has 0 saturated carbocycles. The van der Waals surface area contributed by atoms with E-state index in [-0.39, 0.29) is 11.7 Å². The zero-order valence-electron chi connectivity index (χ0n) is 11.3. The lowest BCUT2D eigenvalue weighted by Crippen LogP contribution is -2.15. The van der Waals surface area contributed by atoms with E-state index >= 15 is 0 Å². The smallest absolute Gasteiger partial charge is 0.228 e. The Morgan fingerprint density at radius 3 is 2.14 bits per heavy atom. The predicted octanol–water partition coefficient (Wildman–Crippen LogP) is 1.66. The molecule has 0 spiro atoms. The number of nitrogens with one attached hydrogen (secondary N) is 1. The van der Waals surface area contributed by atoms with Gasteiger partial charge in [-0.3, -0.25) is 4.79 Å². The van der Waals surface area contributed by atoms with Crippen LogP contribution in [0.1, 0.15) is 11.1 Å². The fraction of sp³-hybridized carbons (Fsp3) is 0.133. The Balaban J connectivity index is 1.95. The highest BCUT2D eigenvalue weighted by atomic mass is 32.2. The monoisotopic (exact) mass is 304 g/mol. The summed E-state index contributed by atoms with van der Waals surface area (Å²) in [5.74, 6) is -0.342. The number of nitrogens with two attached hydrogens (primary N) is 1. The summed E-state index contributed by atoms with van der Waals surface area (Å²) in [5, 5.41) is 7.74. The van der Waals surface area contributed by atoms with Crippen LogP contribution in [0.5, 0.6) is 0 Å². The van der Waals surface area contributed by atoms with Gasteiger partial charge in [-0.15, -0.1) is 0 Å². The normalized spacial score (nSPS) is 11.1. The van der Waals surface area contributed by atoms with Crippen molar-refractivity contribution < 1.29 is 13.2 Å². The quantitative estimate of drug-likeness (QED) is 0.880. The molecule has 5 nitrogen and oxygen atoms in total. The maximum atomic E-state index is 11.9. The molecular formula is C15H16N2O3S. The number of hydrogen-bond donors (Lipinski definition) is 2. The molecule has 1 amide bonds. The van der Waals surface area contributed by atoms with Gasteiger partial charge >= 0.3 is 0 Å². The first kappa shape index (κ1) is 15.2. The third kappa shape index (κ3) is 5.37. The van der Waals surface area contributed by atoms with E-state index in [1.54, 1.807) is 24.3 Å². The second kappa shape index (κ2) is 6.51. The molecule has 0 saturated heterocycles. The number of carbonyl (C=O) groups is 1. The molecule has 0 atom stereocenters. The third-order valence-electron chi connectivity index (χ3n) is 2.81. The Bertz CT molecular complexity index is 710. The number of benzene rings is 2. The van der Waals surface area contributed by atoms with Crippen LogP contribution in [0.2, 0.25) is 0 Å². The topological polar surface area (TPSA) is 89.3 Å². The maximum Gasteiger partial charge on any atom is 0.228 e. The lowest BCUT2D eigenvalue weighted by atomic mass is 10.1. The fourth-order valence-corrected chi connectivity index (χ4v) is 2.56. The Kier molecular flexibility index (Phi) is 4.72. The molecule has 2 aromatic rings. The van der Waals surface area contributed by atoms with Crippen LogP contribution in [0.3, 0.4) is 0 Å². The Hall–Kier alpha value is -2.18. The minimum absolute atomic E-state index is 0.125. The van der Waals surface area contributed by atoms with Crippen LogP contribution in [-0.4, -0.2) is 14.3 Å². The van der Waals surface area contributed by atoms with Crippen molar-refractivity contribution in [3.63, 3.8) is 0 Å². The number of carbonyl (C=O) groups excluding carboxylic acids is 1. The lowest BCUT2D eigenvalue weighted by molar-refractivity contribution is -0.115. The fourth-order valence-electron chi connectivity index (χ4n) is 1.90. The van der Waals surface area contributed by atoms with Gasteiger partial charge in [-0.25, -0.2) is 13.6 Å². The first-order chi connectivity index (χ1) is 9.92. The average Bonchev–Trinajstić information content (AvgIpc) is 2.40. The highest BCUT2D eigenvalue weighted by Crippen LogP contribution is 2.12. The molecule has 3 N–H and O–H groups in total. The van der Waals surface area contributed by atoms with E-state index in [1.165, 1.54) is 0 Å². The van der Waals surface area contributed by atoms with E-state index in [2.05, 4.69) is 5.32 Å². The standard InChI is InChI=1S/C15H16N2O3S/c16-21(19,20)11-13-6-8-14(9-7-13)17-15(18)10-12-4-2-1-3-5-12/h1-9H,10-11H2,(H,17,18)(H2,16,19,20). The van der Waals surface area contributed by atoms with Crippen LogP contribution in [0, 0.1) is 0 Å². The van der Waals surface area contributed by atoms with Gasteiger partial charge in [0, 0.05) is 5.69 Å². The van der Waals surface area contributed by atoms with Crippen LogP contribution < -0.4 is 10.5 Å². The van der Waals surface area contributed by atoms with Gasteiger partial charge in [0.05, 0.1) is 12.2 Å². The van der Waals surface area contributed by atoms with Crippen molar-refractivity contribution in [1.29, 1.82) is 0 Å². The molecule has 110 valence electrons. The highest BCUT2D eigenvalue weighted by molar-refractivity contribution is 7.88. The summed E-state index contributed by atoms with van der Waals surface area (Å²) in [6.45, 7) is 0. The summed E-state index contributed by atoms with van der Waals surface area (Å²) < 4.78 is 21.9. The van der Waals surface area contributed by atoms with E-state index in [0.717, 1.165) is 5.56 Å². The molecule has 0 fully saturated rings. The van der Waals surface area contributed by atoms with Crippen LogP contribution >= 0.6 is 0 Å². The molecular weight excluding hydrogens is 288 g/mol. The summed E-state index contributed by atoms with van der Waals surface area (Å²) in [4.78, 5) is 11.9. The first-order valence-electron chi connectivity index (χ1n) is 6.35. The first-order valence-corrected chi connectivity index (χ1v) is 8.07. The van der Waals surface area contributed by atoms with E-state index in [1.807, 2.05) is 30.3 Å². The minimum Gasteiger partial charge on any atom is -0.326 e. The number of anilines is 1. The number of hydrogen-bond acceptors (Lipinski definition) is 3. The van der Waals surface area contributed by atoms with Crippen molar-refractivity contribution in [2.45, 2.75) is 12.2 Å².